The molecule has 0 saturated heterocycles. The van der Waals surface area contributed by atoms with Crippen LogP contribution in [0.3, 0.4) is 0 Å². The van der Waals surface area contributed by atoms with Crippen molar-refractivity contribution in [2.24, 2.45) is 5.92 Å². The zero-order valence-electron chi connectivity index (χ0n) is 18.4. The summed E-state index contributed by atoms with van der Waals surface area (Å²) in [7, 11) is -1.34. The highest BCUT2D eigenvalue weighted by Gasteiger charge is 2.30. The highest BCUT2D eigenvalue weighted by atomic mass is 32.2. The Balaban J connectivity index is 1.78. The summed E-state index contributed by atoms with van der Waals surface area (Å²) in [5.74, 6) is -0.760. The van der Waals surface area contributed by atoms with Gasteiger partial charge in [0.1, 0.15) is 5.00 Å². The van der Waals surface area contributed by atoms with E-state index in [-0.39, 0.29) is 10.7 Å². The number of hydrogen-bond donors (Lipinski definition) is 1. The lowest BCUT2D eigenvalue weighted by Crippen LogP contribution is -2.35. The Labute approximate surface area is 191 Å². The molecule has 0 fully saturated rings. The van der Waals surface area contributed by atoms with Crippen LogP contribution >= 0.6 is 11.3 Å². The number of methoxy groups -OCH3 is 1. The Morgan fingerprint density at radius 3 is 2.47 bits per heavy atom. The Bertz CT molecular complexity index is 1150. The first-order valence-electron chi connectivity index (χ1n) is 10.1. The van der Waals surface area contributed by atoms with Crippen LogP contribution in [0.2, 0.25) is 0 Å². The van der Waals surface area contributed by atoms with Crippen molar-refractivity contribution in [3.63, 3.8) is 0 Å². The zero-order valence-corrected chi connectivity index (χ0v) is 20.1. The molecule has 3 rings (SSSR count). The molecule has 1 aliphatic carbocycles. The van der Waals surface area contributed by atoms with Crippen LogP contribution in [0.1, 0.15) is 51.4 Å². The average molecular weight is 479 g/mol. The molecule has 1 aromatic heterocycles. The van der Waals surface area contributed by atoms with Crippen LogP contribution < -0.4 is 5.32 Å². The van der Waals surface area contributed by atoms with Gasteiger partial charge in [0, 0.05) is 17.5 Å². The smallest absolute Gasteiger partial charge is 0.341 e. The number of carbonyl (C=O) groups is 3. The maximum absolute atomic E-state index is 12.8. The molecule has 172 valence electrons. The molecule has 1 amide bonds. The van der Waals surface area contributed by atoms with Gasteiger partial charge in [0.2, 0.25) is 15.9 Å². The number of esters is 1. The molecule has 8 nitrogen and oxygen atoms in total. The number of fused-ring (bicyclic) bond motifs is 1. The first-order chi connectivity index (χ1) is 15.0. The average Bonchev–Trinajstić information content (AvgIpc) is 3.09. The molecule has 1 N–H and O–H groups in total. The molecule has 0 unspecified atom stereocenters. The summed E-state index contributed by atoms with van der Waals surface area (Å²) < 4.78 is 31.5. The van der Waals surface area contributed by atoms with E-state index in [1.165, 1.54) is 56.7 Å². The first kappa shape index (κ1) is 24.1. The van der Waals surface area contributed by atoms with Gasteiger partial charge in [0.15, 0.2) is 5.78 Å². The van der Waals surface area contributed by atoms with Gasteiger partial charge in [-0.25, -0.2) is 13.2 Å². The van der Waals surface area contributed by atoms with E-state index in [1.807, 2.05) is 0 Å². The highest BCUT2D eigenvalue weighted by Crippen LogP contribution is 2.40. The molecule has 0 bridgehead atoms. The van der Waals surface area contributed by atoms with Gasteiger partial charge in [0.25, 0.3) is 0 Å². The number of rotatable bonds is 7. The van der Waals surface area contributed by atoms with Crippen LogP contribution in [-0.2, 0) is 32.4 Å². The maximum atomic E-state index is 12.8. The van der Waals surface area contributed by atoms with Crippen molar-refractivity contribution in [2.45, 2.75) is 38.0 Å². The molecule has 1 aromatic carbocycles. The van der Waals surface area contributed by atoms with E-state index in [4.69, 9.17) is 4.74 Å². The lowest BCUT2D eigenvalue weighted by atomic mass is 9.88. The van der Waals surface area contributed by atoms with Crippen LogP contribution in [0.15, 0.2) is 29.2 Å². The van der Waals surface area contributed by atoms with E-state index in [2.05, 4.69) is 12.2 Å². The van der Waals surface area contributed by atoms with Crippen molar-refractivity contribution in [1.82, 2.24) is 4.31 Å². The third kappa shape index (κ3) is 4.92. The molecule has 1 heterocycles. The fourth-order valence-corrected chi connectivity index (χ4v) is 6.19. The summed E-state index contributed by atoms with van der Waals surface area (Å²) in [5.41, 5.74) is 1.66. The molecule has 1 atom stereocenters. The summed E-state index contributed by atoms with van der Waals surface area (Å²) in [5, 5.41) is 3.09. The number of benzene rings is 1. The lowest BCUT2D eigenvalue weighted by Gasteiger charge is -2.18. The topological polar surface area (TPSA) is 110 Å². The summed E-state index contributed by atoms with van der Waals surface area (Å²) in [6.45, 7) is 3.10. The molecule has 32 heavy (non-hydrogen) atoms. The normalized spacial score (nSPS) is 15.8. The summed E-state index contributed by atoms with van der Waals surface area (Å²) in [6.07, 6.45) is 2.51. The molecule has 2 aromatic rings. The molecular formula is C22H26N2O6S2. The monoisotopic (exact) mass is 478 g/mol. The Kier molecular flexibility index (Phi) is 7.16. The minimum Gasteiger partial charge on any atom is -0.465 e. The highest BCUT2D eigenvalue weighted by molar-refractivity contribution is 7.89. The van der Waals surface area contributed by atoms with Crippen molar-refractivity contribution in [3.05, 3.63) is 45.8 Å². The van der Waals surface area contributed by atoms with E-state index >= 15 is 0 Å². The van der Waals surface area contributed by atoms with Gasteiger partial charge in [-0.3, -0.25) is 9.59 Å². The number of Topliss-reactive ketones (excluding diaryl/α,β-unsaturated/α-hetero) is 1. The Morgan fingerprint density at radius 2 is 1.88 bits per heavy atom. The third-order valence-electron chi connectivity index (χ3n) is 5.49. The second-order valence-corrected chi connectivity index (χ2v) is 11.1. The fraction of sp³-hybridized carbons (Fsp3) is 0.409. The van der Waals surface area contributed by atoms with Crippen molar-refractivity contribution >= 4 is 44.0 Å². The van der Waals surface area contributed by atoms with Crippen molar-refractivity contribution in [3.8, 4) is 0 Å². The van der Waals surface area contributed by atoms with Gasteiger partial charge >= 0.3 is 5.97 Å². The molecule has 1 aliphatic rings. The number of likely N-dealkylation sites (N-methyl/N-ethyl adjacent to an activating group) is 1. The quantitative estimate of drug-likeness (QED) is 0.484. The number of ketones is 1. The van der Waals surface area contributed by atoms with E-state index in [0.29, 0.717) is 22.0 Å². The summed E-state index contributed by atoms with van der Waals surface area (Å²) in [6, 6.07) is 5.54. The Hall–Kier alpha value is -2.56. The van der Waals surface area contributed by atoms with Crippen LogP contribution in [0, 0.1) is 5.92 Å². The van der Waals surface area contributed by atoms with E-state index < -0.39 is 28.4 Å². The maximum Gasteiger partial charge on any atom is 0.341 e. The lowest BCUT2D eigenvalue weighted by molar-refractivity contribution is -0.116. The second-order valence-electron chi connectivity index (χ2n) is 7.94. The number of sulfonamides is 1. The van der Waals surface area contributed by atoms with Gasteiger partial charge < -0.3 is 10.1 Å². The molecule has 0 spiro atoms. The number of amides is 1. The number of hydrogen-bond acceptors (Lipinski definition) is 7. The fourth-order valence-electron chi connectivity index (χ4n) is 3.65. The van der Waals surface area contributed by atoms with Gasteiger partial charge in [-0.15, -0.1) is 11.3 Å². The Morgan fingerprint density at radius 1 is 1.22 bits per heavy atom. The van der Waals surface area contributed by atoms with E-state index in [1.54, 1.807) is 0 Å². The number of thiophene rings is 1. The molecule has 0 saturated carbocycles. The molecule has 0 aliphatic heterocycles. The van der Waals surface area contributed by atoms with Crippen LogP contribution in [0.25, 0.3) is 0 Å². The standard InChI is InChI=1S/C22H26N2O6S2/c1-13-5-10-17-18(11-13)31-21(20(17)22(27)30-4)23-19(26)12-24(3)32(28,29)16-8-6-15(7-9-16)14(2)25/h6-9,13H,5,10-12H2,1-4H3,(H,23,26)/t13-/m1/s1. The predicted octanol–water partition coefficient (Wildman–Crippen LogP) is 3.12. The number of ether oxygens (including phenoxy) is 1. The van der Waals surface area contributed by atoms with Gasteiger partial charge in [-0.1, -0.05) is 19.1 Å². The van der Waals surface area contributed by atoms with Crippen molar-refractivity contribution in [1.29, 1.82) is 0 Å². The summed E-state index contributed by atoms with van der Waals surface area (Å²) >= 11 is 1.34. The SMILES string of the molecule is COC(=O)c1c(NC(=O)CN(C)S(=O)(=O)c2ccc(C(C)=O)cc2)sc2c1CC[C@@H](C)C2. The van der Waals surface area contributed by atoms with Gasteiger partial charge in [0.05, 0.1) is 24.1 Å². The van der Waals surface area contributed by atoms with Crippen LogP contribution in [-0.4, -0.2) is 51.1 Å². The van der Waals surface area contributed by atoms with Gasteiger partial charge in [-0.2, -0.15) is 4.31 Å². The van der Waals surface area contributed by atoms with Gasteiger partial charge in [-0.05, 0) is 49.8 Å². The minimum atomic E-state index is -3.94. The molecule has 10 heteroatoms. The molecule has 0 radical (unpaired) electrons. The summed E-state index contributed by atoms with van der Waals surface area (Å²) in [4.78, 5) is 37.5. The van der Waals surface area contributed by atoms with E-state index in [0.717, 1.165) is 34.0 Å². The van der Waals surface area contributed by atoms with Crippen LogP contribution in [0.5, 0.6) is 0 Å². The van der Waals surface area contributed by atoms with Crippen LogP contribution in [0.4, 0.5) is 5.00 Å². The third-order valence-corrected chi connectivity index (χ3v) is 8.48. The first-order valence-corrected chi connectivity index (χ1v) is 12.4. The number of anilines is 1. The van der Waals surface area contributed by atoms with Crippen molar-refractivity contribution < 1.29 is 27.5 Å². The van der Waals surface area contributed by atoms with E-state index in [9.17, 15) is 22.8 Å². The predicted molar refractivity (Wildman–Crippen MR) is 122 cm³/mol. The molecular weight excluding hydrogens is 452 g/mol. The zero-order chi connectivity index (χ0) is 23.6. The van der Waals surface area contributed by atoms with Crippen molar-refractivity contribution in [2.75, 3.05) is 26.0 Å². The number of nitrogens with one attached hydrogen (secondary N) is 1. The largest absolute Gasteiger partial charge is 0.465 e. The number of carbonyl (C=O) groups excluding carboxylic acids is 3. The number of nitrogens with zero attached hydrogens (tertiary/aromatic N) is 1. The second kappa shape index (κ2) is 9.51. The minimum absolute atomic E-state index is 0.0198.